The van der Waals surface area contributed by atoms with Crippen LogP contribution >= 0.6 is 0 Å². The number of hydrogen-bond donors (Lipinski definition) is 0. The fourth-order valence-electron chi connectivity index (χ4n) is 2.80. The highest BCUT2D eigenvalue weighted by Crippen LogP contribution is 2.31. The summed E-state index contributed by atoms with van der Waals surface area (Å²) >= 11 is 0. The molecule has 5 nitrogen and oxygen atoms in total. The molecular weight excluding hydrogens is 332 g/mol. The molecule has 0 amide bonds. The zero-order chi connectivity index (χ0) is 18.5. The lowest BCUT2D eigenvalue weighted by Crippen LogP contribution is -2.15. The van der Waals surface area contributed by atoms with Gasteiger partial charge in [-0.15, -0.1) is 0 Å². The van der Waals surface area contributed by atoms with Gasteiger partial charge < -0.3 is 14.2 Å². The molecule has 0 radical (unpaired) electrons. The fourth-order valence-corrected chi connectivity index (χ4v) is 2.80. The minimum Gasteiger partial charge on any atom is -0.493 e. The van der Waals surface area contributed by atoms with Crippen LogP contribution in [0.4, 0.5) is 0 Å². The Morgan fingerprint density at radius 3 is 2.27 bits per heavy atom. The standard InChI is InChI=1S/C21H18O5/c1-24-19-12-6-11-17(20(19)25-2)21(23)26-13-18(22)16-10-5-8-14-7-3-4-9-15(14)16/h3-12H,13H2,1-2H3. The summed E-state index contributed by atoms with van der Waals surface area (Å²) in [5.74, 6) is -0.216. The van der Waals surface area contributed by atoms with Crippen LogP contribution < -0.4 is 9.47 Å². The predicted octanol–water partition coefficient (Wildman–Crippen LogP) is 3.90. The summed E-state index contributed by atoms with van der Waals surface area (Å²) in [6.45, 7) is -0.354. The molecule has 0 atom stereocenters. The third-order valence-corrected chi connectivity index (χ3v) is 4.05. The van der Waals surface area contributed by atoms with Crippen molar-refractivity contribution in [3.05, 3.63) is 71.8 Å². The molecule has 0 bridgehead atoms. The van der Waals surface area contributed by atoms with E-state index in [1.807, 2.05) is 36.4 Å². The van der Waals surface area contributed by atoms with Crippen LogP contribution in [0.15, 0.2) is 60.7 Å². The Morgan fingerprint density at radius 2 is 1.50 bits per heavy atom. The van der Waals surface area contributed by atoms with Crippen LogP contribution in [0.1, 0.15) is 20.7 Å². The number of ether oxygens (including phenoxy) is 3. The highest BCUT2D eigenvalue weighted by molar-refractivity contribution is 6.09. The second-order valence-electron chi connectivity index (χ2n) is 5.57. The molecule has 0 unspecified atom stereocenters. The van der Waals surface area contributed by atoms with E-state index in [1.54, 1.807) is 24.3 Å². The van der Waals surface area contributed by atoms with E-state index in [9.17, 15) is 9.59 Å². The molecule has 3 aromatic rings. The maximum Gasteiger partial charge on any atom is 0.342 e. The first kappa shape index (κ1) is 17.5. The maximum absolute atomic E-state index is 12.5. The number of carbonyl (C=O) groups excluding carboxylic acids is 2. The van der Waals surface area contributed by atoms with Gasteiger partial charge in [-0.05, 0) is 22.9 Å². The number of esters is 1. The lowest BCUT2D eigenvalue weighted by atomic mass is 10.0. The van der Waals surface area contributed by atoms with Crippen LogP contribution in [-0.4, -0.2) is 32.6 Å². The van der Waals surface area contributed by atoms with Gasteiger partial charge in [0.1, 0.15) is 5.56 Å². The van der Waals surface area contributed by atoms with E-state index in [2.05, 4.69) is 0 Å². The van der Waals surface area contributed by atoms with Gasteiger partial charge in [0.15, 0.2) is 18.1 Å². The molecule has 0 spiro atoms. The van der Waals surface area contributed by atoms with Gasteiger partial charge in [0, 0.05) is 5.56 Å². The first-order valence-electron chi connectivity index (χ1n) is 8.04. The highest BCUT2D eigenvalue weighted by Gasteiger charge is 2.19. The summed E-state index contributed by atoms with van der Waals surface area (Å²) in [5, 5.41) is 1.79. The molecule has 0 heterocycles. The summed E-state index contributed by atoms with van der Waals surface area (Å²) in [4.78, 5) is 24.9. The van der Waals surface area contributed by atoms with Crippen molar-refractivity contribution in [1.29, 1.82) is 0 Å². The van der Waals surface area contributed by atoms with Gasteiger partial charge >= 0.3 is 5.97 Å². The minimum atomic E-state index is -0.644. The smallest absolute Gasteiger partial charge is 0.342 e. The lowest BCUT2D eigenvalue weighted by molar-refractivity contribution is 0.0471. The Labute approximate surface area is 151 Å². The molecule has 3 aromatic carbocycles. The highest BCUT2D eigenvalue weighted by atomic mass is 16.5. The van der Waals surface area contributed by atoms with E-state index in [0.29, 0.717) is 11.3 Å². The number of fused-ring (bicyclic) bond motifs is 1. The van der Waals surface area contributed by atoms with E-state index in [0.717, 1.165) is 10.8 Å². The first-order valence-corrected chi connectivity index (χ1v) is 8.04. The molecule has 0 aliphatic rings. The van der Waals surface area contributed by atoms with Gasteiger partial charge in [-0.3, -0.25) is 4.79 Å². The van der Waals surface area contributed by atoms with Gasteiger partial charge in [0.05, 0.1) is 14.2 Å². The summed E-state index contributed by atoms with van der Waals surface area (Å²) in [6.07, 6.45) is 0. The molecular formula is C21H18O5. The summed E-state index contributed by atoms with van der Waals surface area (Å²) < 4.78 is 15.6. The molecule has 0 fully saturated rings. The molecule has 26 heavy (non-hydrogen) atoms. The average molecular weight is 350 g/mol. The van der Waals surface area contributed by atoms with Crippen molar-refractivity contribution in [1.82, 2.24) is 0 Å². The number of methoxy groups -OCH3 is 2. The van der Waals surface area contributed by atoms with Gasteiger partial charge in [0.2, 0.25) is 5.78 Å². The van der Waals surface area contributed by atoms with Crippen molar-refractivity contribution in [2.24, 2.45) is 0 Å². The van der Waals surface area contributed by atoms with Gasteiger partial charge in [0.25, 0.3) is 0 Å². The van der Waals surface area contributed by atoms with Crippen molar-refractivity contribution in [3.8, 4) is 11.5 Å². The second-order valence-corrected chi connectivity index (χ2v) is 5.57. The van der Waals surface area contributed by atoms with Crippen molar-refractivity contribution >= 4 is 22.5 Å². The summed E-state index contributed by atoms with van der Waals surface area (Å²) in [5.41, 5.74) is 0.728. The largest absolute Gasteiger partial charge is 0.493 e. The molecule has 5 heteroatoms. The zero-order valence-corrected chi connectivity index (χ0v) is 14.5. The SMILES string of the molecule is COc1cccc(C(=O)OCC(=O)c2cccc3ccccc23)c1OC. The van der Waals surface area contributed by atoms with Crippen LogP contribution in [0, 0.1) is 0 Å². The lowest BCUT2D eigenvalue weighted by Gasteiger charge is -2.12. The van der Waals surface area contributed by atoms with Crippen LogP contribution in [0.2, 0.25) is 0 Å². The number of rotatable bonds is 6. The van der Waals surface area contributed by atoms with Crippen LogP contribution in [0.3, 0.4) is 0 Å². The molecule has 0 aromatic heterocycles. The maximum atomic E-state index is 12.5. The number of hydrogen-bond acceptors (Lipinski definition) is 5. The van der Waals surface area contributed by atoms with Gasteiger partial charge in [-0.25, -0.2) is 4.79 Å². The van der Waals surface area contributed by atoms with E-state index in [4.69, 9.17) is 14.2 Å². The molecule has 0 aliphatic carbocycles. The molecule has 0 aliphatic heterocycles. The average Bonchev–Trinajstić information content (AvgIpc) is 2.70. The van der Waals surface area contributed by atoms with Crippen LogP contribution in [-0.2, 0) is 4.74 Å². The Kier molecular flexibility index (Phi) is 5.17. The fraction of sp³-hybridized carbons (Fsp3) is 0.143. The molecule has 0 N–H and O–H groups in total. The number of benzene rings is 3. The quantitative estimate of drug-likeness (QED) is 0.498. The number of carbonyl (C=O) groups is 2. The molecule has 0 saturated heterocycles. The summed E-state index contributed by atoms with van der Waals surface area (Å²) in [6, 6.07) is 17.9. The zero-order valence-electron chi connectivity index (χ0n) is 14.5. The second kappa shape index (κ2) is 7.70. The Morgan fingerprint density at radius 1 is 0.808 bits per heavy atom. The van der Waals surface area contributed by atoms with E-state index >= 15 is 0 Å². The van der Waals surface area contributed by atoms with Crippen LogP contribution in [0.5, 0.6) is 11.5 Å². The van der Waals surface area contributed by atoms with Crippen molar-refractivity contribution < 1.29 is 23.8 Å². The predicted molar refractivity (Wildman–Crippen MR) is 98.1 cm³/mol. The number of ketones is 1. The van der Waals surface area contributed by atoms with Crippen molar-refractivity contribution in [2.75, 3.05) is 20.8 Å². The Bertz CT molecular complexity index is 956. The van der Waals surface area contributed by atoms with Crippen molar-refractivity contribution in [2.45, 2.75) is 0 Å². The number of Topliss-reactive ketones (excluding diaryl/α,β-unsaturated/α-hetero) is 1. The van der Waals surface area contributed by atoms with Crippen molar-refractivity contribution in [3.63, 3.8) is 0 Å². The van der Waals surface area contributed by atoms with Gasteiger partial charge in [-0.2, -0.15) is 0 Å². The number of para-hydroxylation sites is 1. The molecule has 3 rings (SSSR count). The third kappa shape index (κ3) is 3.37. The first-order chi connectivity index (χ1) is 12.7. The third-order valence-electron chi connectivity index (χ3n) is 4.05. The van der Waals surface area contributed by atoms with E-state index < -0.39 is 5.97 Å². The molecule has 0 saturated carbocycles. The van der Waals surface area contributed by atoms with E-state index in [1.165, 1.54) is 14.2 Å². The Hall–Kier alpha value is -3.34. The Balaban J connectivity index is 1.79. The monoisotopic (exact) mass is 350 g/mol. The molecule has 132 valence electrons. The summed E-state index contributed by atoms with van der Waals surface area (Å²) in [7, 11) is 2.92. The minimum absolute atomic E-state index is 0.206. The van der Waals surface area contributed by atoms with E-state index in [-0.39, 0.29) is 23.7 Å². The topological polar surface area (TPSA) is 61.8 Å². The normalized spacial score (nSPS) is 10.4. The van der Waals surface area contributed by atoms with Gasteiger partial charge in [-0.1, -0.05) is 48.5 Å². The van der Waals surface area contributed by atoms with Crippen LogP contribution in [0.25, 0.3) is 10.8 Å².